The van der Waals surface area contributed by atoms with Gasteiger partial charge in [-0.3, -0.25) is 9.59 Å². The van der Waals surface area contributed by atoms with E-state index in [9.17, 15) is 9.59 Å². The summed E-state index contributed by atoms with van der Waals surface area (Å²) >= 11 is 0. The fourth-order valence-electron chi connectivity index (χ4n) is 3.04. The molecule has 4 unspecified atom stereocenters. The number of carbonyl (C=O) groups is 2. The third kappa shape index (κ3) is 2.97. The molecule has 0 aliphatic carbocycles. The normalized spacial score (nSPS) is 32.4. The van der Waals surface area contributed by atoms with Crippen LogP contribution in [0.5, 0.6) is 0 Å². The molecule has 0 radical (unpaired) electrons. The molecule has 2 fully saturated rings. The highest BCUT2D eigenvalue weighted by Gasteiger charge is 2.42. The summed E-state index contributed by atoms with van der Waals surface area (Å²) < 4.78 is 5.63. The van der Waals surface area contributed by atoms with Gasteiger partial charge in [-0.25, -0.2) is 0 Å². The van der Waals surface area contributed by atoms with Crippen LogP contribution < -0.4 is 5.32 Å². The quantitative estimate of drug-likeness (QED) is 0.827. The van der Waals surface area contributed by atoms with E-state index in [2.05, 4.69) is 5.32 Å². The molecule has 0 spiro atoms. The highest BCUT2D eigenvalue weighted by molar-refractivity contribution is 5.97. The molecule has 2 heterocycles. The van der Waals surface area contributed by atoms with Crippen LogP contribution in [0.3, 0.4) is 0 Å². The number of hydrogen-bond donors (Lipinski definition) is 1. The first-order valence-corrected chi connectivity index (χ1v) is 7.80. The summed E-state index contributed by atoms with van der Waals surface area (Å²) in [7, 11) is 0. The predicted octanol–water partition coefficient (Wildman–Crippen LogP) is 1.32. The number of carbonyl (C=O) groups excluding carboxylic acids is 2. The van der Waals surface area contributed by atoms with Gasteiger partial charge in [-0.15, -0.1) is 0 Å². The monoisotopic (exact) mass is 282 g/mol. The highest BCUT2D eigenvalue weighted by Crippen LogP contribution is 2.22. The van der Waals surface area contributed by atoms with Crippen molar-refractivity contribution in [2.45, 2.75) is 64.6 Å². The van der Waals surface area contributed by atoms with E-state index >= 15 is 0 Å². The molecular formula is C15H26N2O3. The Kier molecular flexibility index (Phi) is 5.02. The average Bonchev–Trinajstić information content (AvgIpc) is 2.95. The highest BCUT2D eigenvalue weighted by atomic mass is 16.5. The zero-order valence-electron chi connectivity index (χ0n) is 12.7. The molecule has 0 aromatic heterocycles. The molecule has 4 atom stereocenters. The summed E-state index contributed by atoms with van der Waals surface area (Å²) in [5, 5.41) is 2.90. The van der Waals surface area contributed by atoms with Crippen molar-refractivity contribution in [1.82, 2.24) is 10.2 Å². The molecule has 0 aromatic rings. The molecule has 0 bridgehead atoms. The van der Waals surface area contributed by atoms with Gasteiger partial charge in [-0.2, -0.15) is 0 Å². The summed E-state index contributed by atoms with van der Waals surface area (Å²) in [6.07, 6.45) is 3.65. The largest absolute Gasteiger partial charge is 0.376 e. The van der Waals surface area contributed by atoms with Gasteiger partial charge in [0.25, 0.3) is 0 Å². The topological polar surface area (TPSA) is 58.6 Å². The van der Waals surface area contributed by atoms with E-state index in [1.54, 1.807) is 4.90 Å². The Morgan fingerprint density at radius 1 is 1.40 bits per heavy atom. The lowest BCUT2D eigenvalue weighted by atomic mass is 9.93. The molecule has 5 nitrogen and oxygen atoms in total. The van der Waals surface area contributed by atoms with E-state index in [1.807, 2.05) is 20.8 Å². The Morgan fingerprint density at radius 3 is 2.70 bits per heavy atom. The summed E-state index contributed by atoms with van der Waals surface area (Å²) in [5.74, 6) is 0.202. The second-order valence-corrected chi connectivity index (χ2v) is 5.92. The van der Waals surface area contributed by atoms with E-state index in [-0.39, 0.29) is 35.9 Å². The van der Waals surface area contributed by atoms with Gasteiger partial charge in [0.15, 0.2) is 0 Å². The van der Waals surface area contributed by atoms with Gasteiger partial charge in [-0.05, 0) is 25.2 Å². The molecule has 20 heavy (non-hydrogen) atoms. The maximum atomic E-state index is 12.7. The van der Waals surface area contributed by atoms with Crippen molar-refractivity contribution in [1.29, 1.82) is 0 Å². The van der Waals surface area contributed by atoms with E-state index in [0.717, 1.165) is 25.9 Å². The molecule has 1 N–H and O–H groups in total. The summed E-state index contributed by atoms with van der Waals surface area (Å²) in [6, 6.07) is -0.719. The third-order valence-electron chi connectivity index (χ3n) is 4.55. The van der Waals surface area contributed by atoms with Gasteiger partial charge in [0.05, 0.1) is 6.10 Å². The molecule has 2 aliphatic rings. The molecule has 0 saturated carbocycles. The fourth-order valence-corrected chi connectivity index (χ4v) is 3.04. The van der Waals surface area contributed by atoms with Crippen LogP contribution in [-0.2, 0) is 14.3 Å². The van der Waals surface area contributed by atoms with Crippen LogP contribution in [-0.4, -0.2) is 48.1 Å². The van der Waals surface area contributed by atoms with Gasteiger partial charge >= 0.3 is 0 Å². The maximum Gasteiger partial charge on any atom is 0.246 e. The Labute approximate surface area is 121 Å². The van der Waals surface area contributed by atoms with Crippen molar-refractivity contribution < 1.29 is 14.3 Å². The molecular weight excluding hydrogens is 256 g/mol. The maximum absolute atomic E-state index is 12.7. The average molecular weight is 282 g/mol. The van der Waals surface area contributed by atoms with Gasteiger partial charge < -0.3 is 15.0 Å². The van der Waals surface area contributed by atoms with Crippen molar-refractivity contribution in [2.75, 3.05) is 13.2 Å². The zero-order chi connectivity index (χ0) is 14.7. The zero-order valence-corrected chi connectivity index (χ0v) is 12.7. The van der Waals surface area contributed by atoms with Crippen molar-refractivity contribution in [3.05, 3.63) is 0 Å². The van der Waals surface area contributed by atoms with Crippen molar-refractivity contribution >= 4 is 11.8 Å². The lowest BCUT2D eigenvalue weighted by Gasteiger charge is -2.41. The Balaban J connectivity index is 2.13. The minimum Gasteiger partial charge on any atom is -0.376 e. The van der Waals surface area contributed by atoms with E-state index in [4.69, 9.17) is 4.74 Å². The molecule has 2 amide bonds. The van der Waals surface area contributed by atoms with Crippen LogP contribution in [0.1, 0.15) is 46.5 Å². The van der Waals surface area contributed by atoms with Crippen LogP contribution in [0, 0.1) is 5.92 Å². The van der Waals surface area contributed by atoms with E-state index in [0.29, 0.717) is 13.0 Å². The van der Waals surface area contributed by atoms with Gasteiger partial charge in [0.2, 0.25) is 11.8 Å². The molecule has 0 aromatic carbocycles. The number of nitrogens with one attached hydrogen (secondary N) is 1. The smallest absolute Gasteiger partial charge is 0.246 e. The molecule has 5 heteroatoms. The number of rotatable bonds is 5. The molecule has 114 valence electrons. The second kappa shape index (κ2) is 6.57. The SMILES string of the molecule is CCC(C)C1NC(=O)C(CC)N(CC2CCCO2)C1=O. The summed E-state index contributed by atoms with van der Waals surface area (Å²) in [6.45, 7) is 7.32. The Bertz CT molecular complexity index is 366. The minimum atomic E-state index is -0.378. The lowest BCUT2D eigenvalue weighted by Crippen LogP contribution is -2.65. The predicted molar refractivity (Wildman–Crippen MR) is 76.2 cm³/mol. The van der Waals surface area contributed by atoms with Crippen molar-refractivity contribution in [2.24, 2.45) is 5.92 Å². The van der Waals surface area contributed by atoms with Crippen LogP contribution in [0.4, 0.5) is 0 Å². The second-order valence-electron chi connectivity index (χ2n) is 5.92. The number of amides is 2. The van der Waals surface area contributed by atoms with Crippen LogP contribution in [0.15, 0.2) is 0 Å². The van der Waals surface area contributed by atoms with Crippen LogP contribution in [0.25, 0.3) is 0 Å². The number of hydrogen-bond acceptors (Lipinski definition) is 3. The van der Waals surface area contributed by atoms with E-state index < -0.39 is 0 Å². The third-order valence-corrected chi connectivity index (χ3v) is 4.55. The number of nitrogens with zero attached hydrogens (tertiary/aromatic N) is 1. The first-order valence-electron chi connectivity index (χ1n) is 7.80. The number of piperazine rings is 1. The van der Waals surface area contributed by atoms with Gasteiger partial charge in [-0.1, -0.05) is 27.2 Å². The van der Waals surface area contributed by atoms with Crippen LogP contribution >= 0.6 is 0 Å². The first kappa shape index (κ1) is 15.3. The molecule has 2 aliphatic heterocycles. The Hall–Kier alpha value is -1.10. The van der Waals surface area contributed by atoms with Gasteiger partial charge in [0, 0.05) is 13.2 Å². The standard InChI is InChI=1S/C15H26N2O3/c1-4-10(3)13-15(19)17(9-11-7-6-8-20-11)12(5-2)14(18)16-13/h10-13H,4-9H2,1-3H3,(H,16,18). The first-order chi connectivity index (χ1) is 9.58. The minimum absolute atomic E-state index is 0.0182. The molecule has 2 saturated heterocycles. The van der Waals surface area contributed by atoms with Crippen molar-refractivity contribution in [3.63, 3.8) is 0 Å². The van der Waals surface area contributed by atoms with Crippen LogP contribution in [0.2, 0.25) is 0 Å². The molecule has 2 rings (SSSR count). The van der Waals surface area contributed by atoms with E-state index in [1.165, 1.54) is 0 Å². The van der Waals surface area contributed by atoms with Crippen molar-refractivity contribution in [3.8, 4) is 0 Å². The summed E-state index contributed by atoms with van der Waals surface area (Å²) in [4.78, 5) is 26.7. The number of ether oxygens (including phenoxy) is 1. The fraction of sp³-hybridized carbons (Fsp3) is 0.867. The van der Waals surface area contributed by atoms with Gasteiger partial charge in [0.1, 0.15) is 12.1 Å². The Morgan fingerprint density at radius 2 is 2.15 bits per heavy atom. The lowest BCUT2D eigenvalue weighted by molar-refractivity contribution is -0.152. The summed E-state index contributed by atoms with van der Waals surface area (Å²) in [5.41, 5.74) is 0.